The van der Waals surface area contributed by atoms with Crippen LogP contribution in [0.4, 0.5) is 0 Å². The van der Waals surface area contributed by atoms with E-state index in [0.717, 1.165) is 0 Å². The molecule has 2 atom stereocenters. The second kappa shape index (κ2) is 2.37. The van der Waals surface area contributed by atoms with E-state index < -0.39 is 25.4 Å². The van der Waals surface area contributed by atoms with Crippen molar-refractivity contribution in [3.8, 4) is 0 Å². The van der Waals surface area contributed by atoms with E-state index >= 15 is 0 Å². The molecule has 0 aliphatic carbocycles. The highest BCUT2D eigenvalue weighted by Gasteiger charge is 2.43. The smallest absolute Gasteiger partial charge is 0.181 e. The maximum absolute atomic E-state index is 10.4. The van der Waals surface area contributed by atoms with Gasteiger partial charge in [0, 0.05) is 4.57 Å². The van der Waals surface area contributed by atoms with Gasteiger partial charge in [-0.2, -0.15) is 8.43 Å². The van der Waals surface area contributed by atoms with E-state index in [1.807, 2.05) is 13.1 Å². The number of hydrogen-bond acceptors (Lipinski definition) is 3. The molecule has 0 radical (unpaired) electrons. The maximum Gasteiger partial charge on any atom is 0.672 e. The van der Waals surface area contributed by atoms with Gasteiger partial charge in [-0.3, -0.25) is 0 Å². The molecule has 0 N–H and O–H groups in total. The average molecular weight is 167 g/mol. The van der Waals surface area contributed by atoms with Gasteiger partial charge in [0.1, 0.15) is 0 Å². The Labute approximate surface area is 52.2 Å². The quantitative estimate of drug-likeness (QED) is 0.389. The van der Waals surface area contributed by atoms with E-state index in [1.165, 1.54) is 0 Å². The molecule has 46 valence electrons. The zero-order chi connectivity index (χ0) is 6.15. The number of rotatable bonds is 0. The van der Waals surface area contributed by atoms with Gasteiger partial charge in [-0.05, 0) is 13.1 Å². The Hall–Kier alpha value is 0.454. The van der Waals surface area contributed by atoms with Gasteiger partial charge >= 0.3 is 8.25 Å². The molecular formula is C2H8O3PSi2+. The molecule has 1 fully saturated rings. The fourth-order valence-corrected chi connectivity index (χ4v) is 9.53. The minimum absolute atomic E-state index is 1.07. The Bertz CT molecular complexity index is 106. The van der Waals surface area contributed by atoms with Crippen molar-refractivity contribution in [3.05, 3.63) is 0 Å². The Morgan fingerprint density at radius 3 is 1.75 bits per heavy atom. The van der Waals surface area contributed by atoms with Crippen molar-refractivity contribution in [3.63, 3.8) is 0 Å². The zero-order valence-corrected chi connectivity index (χ0v) is 8.03. The molecule has 0 spiro atoms. The van der Waals surface area contributed by atoms with E-state index in [2.05, 4.69) is 0 Å². The maximum atomic E-state index is 10.4. The summed E-state index contributed by atoms with van der Waals surface area (Å²) in [4.78, 5) is 0. The summed E-state index contributed by atoms with van der Waals surface area (Å²) in [6.45, 7) is 4.08. The van der Waals surface area contributed by atoms with Crippen molar-refractivity contribution in [2.45, 2.75) is 13.1 Å². The lowest BCUT2D eigenvalue weighted by Crippen LogP contribution is -2.25. The van der Waals surface area contributed by atoms with Crippen molar-refractivity contribution in [1.29, 1.82) is 0 Å². The highest BCUT2D eigenvalue weighted by atomic mass is 31.1. The molecule has 1 aliphatic heterocycles. The van der Waals surface area contributed by atoms with Gasteiger partial charge in [0.25, 0.3) is 17.1 Å². The first-order chi connectivity index (χ1) is 3.70. The van der Waals surface area contributed by atoms with Crippen LogP contribution in [0.2, 0.25) is 13.1 Å². The summed E-state index contributed by atoms with van der Waals surface area (Å²) in [5.74, 6) is 0. The van der Waals surface area contributed by atoms with Crippen LogP contribution in [0.5, 0.6) is 0 Å². The summed E-state index contributed by atoms with van der Waals surface area (Å²) in [6.07, 6.45) is 0. The molecular weight excluding hydrogens is 159 g/mol. The minimum Gasteiger partial charge on any atom is -0.181 e. The van der Waals surface area contributed by atoms with Crippen LogP contribution in [0.3, 0.4) is 0 Å². The van der Waals surface area contributed by atoms with Gasteiger partial charge in [0.15, 0.2) is 0 Å². The van der Waals surface area contributed by atoms with Gasteiger partial charge in [0.2, 0.25) is 0 Å². The summed E-state index contributed by atoms with van der Waals surface area (Å²) >= 11 is 0. The molecule has 1 saturated heterocycles. The summed E-state index contributed by atoms with van der Waals surface area (Å²) in [6, 6.07) is 0. The SMILES string of the molecule is C[SiH]1O[P+](=O)O[SiH]1C. The van der Waals surface area contributed by atoms with Crippen LogP contribution >= 0.6 is 8.25 Å². The second-order valence-electron chi connectivity index (χ2n) is 1.84. The largest absolute Gasteiger partial charge is 0.672 e. The monoisotopic (exact) mass is 167 g/mol. The third-order valence-corrected chi connectivity index (χ3v) is 12.7. The summed E-state index contributed by atoms with van der Waals surface area (Å²) < 4.78 is 20.4. The molecule has 0 amide bonds. The standard InChI is InChI=1S/C2H8O3PSi2/c1-7-4-6(3)5-8(7)2/h7-8H,1-2H3/q+1. The van der Waals surface area contributed by atoms with Gasteiger partial charge in [-0.25, -0.2) is 0 Å². The zero-order valence-electron chi connectivity index (χ0n) is 4.83. The van der Waals surface area contributed by atoms with Gasteiger partial charge in [-0.15, -0.1) is 0 Å². The predicted octanol–water partition coefficient (Wildman–Crippen LogP) is 0.476. The molecule has 0 saturated carbocycles. The average Bonchev–Trinajstić information content (AvgIpc) is 1.85. The van der Waals surface area contributed by atoms with Crippen LogP contribution in [-0.2, 0) is 13.0 Å². The van der Waals surface area contributed by atoms with Crippen molar-refractivity contribution in [2.24, 2.45) is 0 Å². The summed E-state index contributed by atoms with van der Waals surface area (Å²) in [5, 5.41) is 0. The molecule has 1 rings (SSSR count). The van der Waals surface area contributed by atoms with Crippen molar-refractivity contribution in [1.82, 2.24) is 0 Å². The van der Waals surface area contributed by atoms with Gasteiger partial charge in [-0.1, -0.05) is 0 Å². The van der Waals surface area contributed by atoms with Crippen LogP contribution < -0.4 is 0 Å². The Kier molecular flexibility index (Phi) is 1.94. The van der Waals surface area contributed by atoms with Crippen molar-refractivity contribution in [2.75, 3.05) is 0 Å². The number of hydrogen-bond donors (Lipinski definition) is 0. The first-order valence-electron chi connectivity index (χ1n) is 2.51. The predicted molar refractivity (Wildman–Crippen MR) is 35.8 cm³/mol. The van der Waals surface area contributed by atoms with E-state index in [9.17, 15) is 4.57 Å². The third kappa shape index (κ3) is 1.24. The second-order valence-corrected chi connectivity index (χ2v) is 12.4. The van der Waals surface area contributed by atoms with Crippen molar-refractivity contribution >= 4 is 25.4 Å². The Morgan fingerprint density at radius 1 is 1.25 bits per heavy atom. The molecule has 1 heterocycles. The lowest BCUT2D eigenvalue weighted by atomic mass is 11.9. The molecule has 0 aromatic carbocycles. The first-order valence-corrected chi connectivity index (χ1v) is 9.52. The Balaban J connectivity index is 2.51. The fraction of sp³-hybridized carbons (Fsp3) is 1.00. The lowest BCUT2D eigenvalue weighted by Gasteiger charge is -1.87. The molecule has 0 aromatic heterocycles. The van der Waals surface area contributed by atoms with E-state index in [4.69, 9.17) is 8.43 Å². The normalized spacial score (nSPS) is 43.0. The highest BCUT2D eigenvalue weighted by Crippen LogP contribution is 2.33. The lowest BCUT2D eigenvalue weighted by molar-refractivity contribution is 0.454. The van der Waals surface area contributed by atoms with Crippen molar-refractivity contribution < 1.29 is 13.0 Å². The summed E-state index contributed by atoms with van der Waals surface area (Å²) in [5.41, 5.74) is 0. The molecule has 3 nitrogen and oxygen atoms in total. The van der Waals surface area contributed by atoms with Crippen LogP contribution in [0.25, 0.3) is 0 Å². The van der Waals surface area contributed by atoms with Gasteiger partial charge < -0.3 is 0 Å². The molecule has 6 heteroatoms. The van der Waals surface area contributed by atoms with E-state index in [1.54, 1.807) is 0 Å². The molecule has 0 bridgehead atoms. The Morgan fingerprint density at radius 2 is 1.62 bits per heavy atom. The topological polar surface area (TPSA) is 35.5 Å². The van der Waals surface area contributed by atoms with E-state index in [-0.39, 0.29) is 0 Å². The summed E-state index contributed by atoms with van der Waals surface area (Å²) in [7, 11) is -3.81. The molecule has 1 aliphatic rings. The highest BCUT2D eigenvalue weighted by molar-refractivity contribution is 7.46. The third-order valence-electron chi connectivity index (χ3n) is 1.17. The van der Waals surface area contributed by atoms with Crippen LogP contribution in [0.1, 0.15) is 0 Å². The van der Waals surface area contributed by atoms with Crippen LogP contribution in [0.15, 0.2) is 0 Å². The van der Waals surface area contributed by atoms with Gasteiger partial charge in [0.05, 0.1) is 0 Å². The van der Waals surface area contributed by atoms with Crippen LogP contribution in [0, 0.1) is 0 Å². The molecule has 2 unspecified atom stereocenters. The molecule has 0 aromatic rings. The minimum atomic E-state index is -1.67. The fourth-order valence-electron chi connectivity index (χ4n) is 0.468. The van der Waals surface area contributed by atoms with Crippen LogP contribution in [-0.4, -0.2) is 17.1 Å². The first kappa shape index (κ1) is 6.57. The van der Waals surface area contributed by atoms with E-state index in [0.29, 0.717) is 0 Å². The molecule has 8 heavy (non-hydrogen) atoms.